The molecule has 1 N–H and O–H groups in total. The van der Waals surface area contributed by atoms with Crippen molar-refractivity contribution in [2.24, 2.45) is 0 Å². The van der Waals surface area contributed by atoms with Gasteiger partial charge in [0, 0.05) is 10.4 Å². The van der Waals surface area contributed by atoms with E-state index < -0.39 is 20.1 Å². The minimum atomic E-state index is -2.25. The van der Waals surface area contributed by atoms with E-state index in [1.54, 1.807) is 12.1 Å². The molecular formula is C30H32ClNO4Si. The Bertz CT molecular complexity index is 1400. The Morgan fingerprint density at radius 2 is 1.49 bits per heavy atom. The quantitative estimate of drug-likeness (QED) is 0.143. The molecule has 5 nitrogen and oxygen atoms in total. The molecule has 0 aliphatic carbocycles. The molecule has 0 unspecified atom stereocenters. The van der Waals surface area contributed by atoms with Crippen molar-refractivity contribution in [1.82, 2.24) is 4.57 Å². The van der Waals surface area contributed by atoms with Crippen LogP contribution in [0.3, 0.4) is 0 Å². The molecule has 3 aromatic carbocycles. The van der Waals surface area contributed by atoms with Crippen molar-refractivity contribution in [3.63, 3.8) is 0 Å². The number of carboxylic acid groups (broad SMARTS) is 1. The highest BCUT2D eigenvalue weighted by Crippen LogP contribution is 2.41. The first kappa shape index (κ1) is 26.9. The molecule has 0 spiro atoms. The minimum absolute atomic E-state index is 0.0671. The van der Waals surface area contributed by atoms with Gasteiger partial charge in [0.2, 0.25) is 0 Å². The fourth-order valence-electron chi connectivity index (χ4n) is 4.36. The molecular weight excluding hydrogens is 502 g/mol. The molecule has 0 aliphatic heterocycles. The lowest BCUT2D eigenvalue weighted by Gasteiger charge is -2.36. The maximum absolute atomic E-state index is 13.2. The standard InChI is InChI=1S/C30H32ClNO4Si/c1-30(2,3)37(4,5)36-19-25-26(28(33)29(34)35)23-18-22(31)16-17-24(23)32(25)27(20-12-8-6-9-13-20)21-14-10-7-11-15-21/h6-18,27H,19H2,1-5H3,(H,34,35). The molecule has 1 aromatic heterocycles. The first-order valence-corrected chi connectivity index (χ1v) is 15.5. The van der Waals surface area contributed by atoms with Gasteiger partial charge in [0.15, 0.2) is 8.32 Å². The average molecular weight is 534 g/mol. The zero-order valence-electron chi connectivity index (χ0n) is 21.8. The zero-order chi connectivity index (χ0) is 27.0. The van der Waals surface area contributed by atoms with E-state index in [4.69, 9.17) is 16.0 Å². The number of hydrogen-bond acceptors (Lipinski definition) is 3. The van der Waals surface area contributed by atoms with Crippen LogP contribution in [0.4, 0.5) is 0 Å². The third kappa shape index (κ3) is 5.28. The second kappa shape index (κ2) is 10.3. The molecule has 0 aliphatic rings. The number of hydrogen-bond donors (Lipinski definition) is 1. The summed E-state index contributed by atoms with van der Waals surface area (Å²) in [6.45, 7) is 10.8. The van der Waals surface area contributed by atoms with Crippen LogP contribution in [-0.2, 0) is 15.8 Å². The summed E-state index contributed by atoms with van der Waals surface area (Å²) in [5.41, 5.74) is 3.39. The van der Waals surface area contributed by atoms with Crippen molar-refractivity contribution in [3.05, 3.63) is 106 Å². The predicted octanol–water partition coefficient (Wildman–Crippen LogP) is 7.72. The number of rotatable bonds is 8. The lowest BCUT2D eigenvalue weighted by atomic mass is 9.98. The van der Waals surface area contributed by atoms with E-state index in [0.717, 1.165) is 16.6 Å². The summed E-state index contributed by atoms with van der Waals surface area (Å²) in [5.74, 6) is -2.48. The summed E-state index contributed by atoms with van der Waals surface area (Å²) in [7, 11) is -2.25. The summed E-state index contributed by atoms with van der Waals surface area (Å²) >= 11 is 6.37. The van der Waals surface area contributed by atoms with Crippen LogP contribution in [-0.4, -0.2) is 29.7 Å². The van der Waals surface area contributed by atoms with Crippen molar-refractivity contribution >= 4 is 42.6 Å². The number of aromatic nitrogens is 1. The first-order chi connectivity index (χ1) is 17.4. The number of fused-ring (bicyclic) bond motifs is 1. The number of carboxylic acids is 1. The van der Waals surface area contributed by atoms with Crippen molar-refractivity contribution in [1.29, 1.82) is 0 Å². The molecule has 0 bridgehead atoms. The number of carbonyl (C=O) groups excluding carboxylic acids is 1. The lowest BCUT2D eigenvalue weighted by Crippen LogP contribution is -2.41. The zero-order valence-corrected chi connectivity index (χ0v) is 23.5. The molecule has 0 saturated carbocycles. The number of carbonyl (C=O) groups is 2. The van der Waals surface area contributed by atoms with Crippen molar-refractivity contribution < 1.29 is 19.1 Å². The number of ketones is 1. The molecule has 37 heavy (non-hydrogen) atoms. The highest BCUT2D eigenvalue weighted by Gasteiger charge is 2.39. The Balaban J connectivity index is 2.08. The van der Waals surface area contributed by atoms with Gasteiger partial charge in [-0.3, -0.25) is 4.79 Å². The Kier molecular flexibility index (Phi) is 7.47. The van der Waals surface area contributed by atoms with Crippen molar-refractivity contribution in [3.8, 4) is 0 Å². The Morgan fingerprint density at radius 1 is 0.946 bits per heavy atom. The molecule has 0 amide bonds. The van der Waals surface area contributed by atoms with Gasteiger partial charge >= 0.3 is 5.97 Å². The van der Waals surface area contributed by atoms with Crippen LogP contribution < -0.4 is 0 Å². The molecule has 4 rings (SSSR count). The van der Waals surface area contributed by atoms with E-state index in [1.807, 2.05) is 66.7 Å². The number of Topliss-reactive ketones (excluding diaryl/α,β-unsaturated/α-hetero) is 1. The summed E-state index contributed by atoms with van der Waals surface area (Å²) in [6.07, 6.45) is 0. The van der Waals surface area contributed by atoms with Crippen molar-refractivity contribution in [2.75, 3.05) is 0 Å². The van der Waals surface area contributed by atoms with E-state index in [9.17, 15) is 14.7 Å². The van der Waals surface area contributed by atoms with E-state index in [-0.39, 0.29) is 23.3 Å². The maximum atomic E-state index is 13.2. The van der Waals surface area contributed by atoms with Gasteiger partial charge in [-0.25, -0.2) is 4.79 Å². The summed E-state index contributed by atoms with van der Waals surface area (Å²) in [6, 6.07) is 24.9. The SMILES string of the molecule is CC(C)(C)[Si](C)(C)OCc1c(C(=O)C(=O)O)c2cc(Cl)ccc2n1C(c1ccccc1)c1ccccc1. The Hall–Kier alpha value is -3.19. The van der Waals surface area contributed by atoms with E-state index in [2.05, 4.69) is 38.4 Å². The first-order valence-electron chi connectivity index (χ1n) is 12.3. The third-order valence-corrected chi connectivity index (χ3v) is 12.1. The molecule has 7 heteroatoms. The molecule has 0 saturated heterocycles. The van der Waals surface area contributed by atoms with Crippen LogP contribution in [0, 0.1) is 0 Å². The highest BCUT2D eigenvalue weighted by atomic mass is 35.5. The predicted molar refractivity (Wildman–Crippen MR) is 151 cm³/mol. The highest BCUT2D eigenvalue weighted by molar-refractivity contribution is 6.74. The lowest BCUT2D eigenvalue weighted by molar-refractivity contribution is -0.131. The molecule has 0 fully saturated rings. The smallest absolute Gasteiger partial charge is 0.377 e. The van der Waals surface area contributed by atoms with Crippen LogP contribution in [0.1, 0.15) is 54.0 Å². The molecule has 0 radical (unpaired) electrons. The second-order valence-corrected chi connectivity index (χ2v) is 16.0. The summed E-state index contributed by atoms with van der Waals surface area (Å²) < 4.78 is 8.67. The monoisotopic (exact) mass is 533 g/mol. The largest absolute Gasteiger partial charge is 0.475 e. The maximum Gasteiger partial charge on any atom is 0.377 e. The van der Waals surface area contributed by atoms with Gasteiger partial charge in [-0.15, -0.1) is 0 Å². The normalized spacial score (nSPS) is 12.3. The molecule has 1 heterocycles. The molecule has 4 aromatic rings. The van der Waals surface area contributed by atoms with E-state index in [1.165, 1.54) is 0 Å². The van der Waals surface area contributed by atoms with Crippen LogP contribution in [0.15, 0.2) is 78.9 Å². The van der Waals surface area contributed by atoms with Gasteiger partial charge in [0.25, 0.3) is 5.78 Å². The van der Waals surface area contributed by atoms with Gasteiger partial charge in [0.05, 0.1) is 29.4 Å². The van der Waals surface area contributed by atoms with Crippen LogP contribution in [0.2, 0.25) is 23.2 Å². The van der Waals surface area contributed by atoms with E-state index in [0.29, 0.717) is 16.1 Å². The second-order valence-electron chi connectivity index (χ2n) is 10.8. The summed E-state index contributed by atoms with van der Waals surface area (Å²) in [4.78, 5) is 25.3. The number of nitrogens with zero attached hydrogens (tertiary/aromatic N) is 1. The fraction of sp³-hybridized carbons (Fsp3) is 0.267. The average Bonchev–Trinajstić information content (AvgIpc) is 3.16. The van der Waals surface area contributed by atoms with Gasteiger partial charge in [-0.05, 0) is 47.5 Å². The van der Waals surface area contributed by atoms with Crippen LogP contribution in [0.25, 0.3) is 10.9 Å². The molecule has 192 valence electrons. The molecule has 0 atom stereocenters. The van der Waals surface area contributed by atoms with Gasteiger partial charge in [-0.2, -0.15) is 0 Å². The Morgan fingerprint density at radius 3 is 1.97 bits per heavy atom. The van der Waals surface area contributed by atoms with Gasteiger partial charge in [-0.1, -0.05) is 93.0 Å². The van der Waals surface area contributed by atoms with Crippen LogP contribution >= 0.6 is 11.6 Å². The number of benzene rings is 3. The number of halogens is 1. The van der Waals surface area contributed by atoms with Crippen LogP contribution in [0.5, 0.6) is 0 Å². The number of aliphatic carboxylic acids is 1. The van der Waals surface area contributed by atoms with Crippen molar-refractivity contribution in [2.45, 2.75) is 51.6 Å². The fourth-order valence-corrected chi connectivity index (χ4v) is 5.47. The third-order valence-electron chi connectivity index (χ3n) is 7.35. The summed E-state index contributed by atoms with van der Waals surface area (Å²) in [5, 5.41) is 10.7. The Labute approximate surface area is 223 Å². The van der Waals surface area contributed by atoms with E-state index >= 15 is 0 Å². The topological polar surface area (TPSA) is 68.5 Å². The van der Waals surface area contributed by atoms with Gasteiger partial charge < -0.3 is 14.1 Å². The van der Waals surface area contributed by atoms with Gasteiger partial charge in [0.1, 0.15) is 0 Å². The minimum Gasteiger partial charge on any atom is -0.475 e.